The van der Waals surface area contributed by atoms with Crippen LogP contribution in [0.25, 0.3) is 150 Å². The molecular weight excluding hydrogens is 1090 g/mol. The fourth-order valence-corrected chi connectivity index (χ4v) is 17.7. The van der Waals surface area contributed by atoms with E-state index in [4.69, 9.17) is 15.0 Å². The molecule has 1 aliphatic heterocycles. The summed E-state index contributed by atoms with van der Waals surface area (Å²) in [4.78, 5) is 17.3. The molecular formula is C86H56N4. The summed E-state index contributed by atoms with van der Waals surface area (Å²) in [6.45, 7) is 0. The van der Waals surface area contributed by atoms with E-state index in [-0.39, 0.29) is 5.41 Å². The molecule has 5 aliphatic rings. The number of nitrogens with zero attached hydrogens (tertiary/aromatic N) is 4. The van der Waals surface area contributed by atoms with E-state index in [1.54, 1.807) is 0 Å². The Hall–Kier alpha value is -11.1. The second-order valence-electron chi connectivity index (χ2n) is 25.4. The van der Waals surface area contributed by atoms with E-state index in [0.29, 0.717) is 17.5 Å². The molecule has 4 aliphatic carbocycles. The lowest BCUT2D eigenvalue weighted by molar-refractivity contribution is 0.353. The van der Waals surface area contributed by atoms with Gasteiger partial charge in [0.2, 0.25) is 0 Å². The van der Waals surface area contributed by atoms with Crippen LogP contribution in [0.15, 0.2) is 279 Å². The molecule has 0 atom stereocenters. The first kappa shape index (κ1) is 50.0. The highest BCUT2D eigenvalue weighted by Gasteiger charge is 2.53. The van der Waals surface area contributed by atoms with Crippen molar-refractivity contribution in [2.24, 2.45) is 0 Å². The lowest BCUT2D eigenvalue weighted by Gasteiger charge is -2.37. The number of para-hydroxylation sites is 2. The molecule has 0 radical (unpaired) electrons. The van der Waals surface area contributed by atoms with Gasteiger partial charge in [-0.1, -0.05) is 262 Å². The zero-order valence-corrected chi connectivity index (χ0v) is 49.4. The van der Waals surface area contributed by atoms with Crippen molar-refractivity contribution < 1.29 is 0 Å². The molecule has 1 fully saturated rings. The van der Waals surface area contributed by atoms with Crippen molar-refractivity contribution in [2.75, 3.05) is 0 Å². The first-order valence-corrected chi connectivity index (χ1v) is 32.0. The maximum atomic E-state index is 5.82. The summed E-state index contributed by atoms with van der Waals surface area (Å²) >= 11 is 0. The van der Waals surface area contributed by atoms with E-state index < -0.39 is 5.41 Å². The van der Waals surface area contributed by atoms with Crippen molar-refractivity contribution in [2.45, 2.75) is 42.9 Å². The summed E-state index contributed by atoms with van der Waals surface area (Å²) in [7, 11) is 0. The Morgan fingerprint density at radius 2 is 0.800 bits per heavy atom. The second kappa shape index (κ2) is 18.7. The molecule has 0 unspecified atom stereocenters. The average molecular weight is 1150 g/mol. The number of rotatable bonds is 6. The van der Waals surface area contributed by atoms with Gasteiger partial charge in [-0.15, -0.1) is 0 Å². The number of hydrogen-bond acceptors (Lipinski definition) is 3. The normalized spacial score (nSPS) is 14.6. The molecule has 4 heteroatoms. The van der Waals surface area contributed by atoms with Gasteiger partial charge in [0, 0.05) is 44.0 Å². The maximum Gasteiger partial charge on any atom is 0.164 e. The highest BCUT2D eigenvalue weighted by Crippen LogP contribution is 2.66. The van der Waals surface area contributed by atoms with E-state index in [1.807, 2.05) is 0 Å². The molecule has 0 amide bonds. The quantitative estimate of drug-likeness (QED) is 0.167. The van der Waals surface area contributed by atoms with Gasteiger partial charge in [-0.2, -0.15) is 0 Å². The molecule has 0 saturated heterocycles. The Morgan fingerprint density at radius 3 is 1.53 bits per heavy atom. The van der Waals surface area contributed by atoms with Crippen molar-refractivity contribution >= 4 is 32.6 Å². The first-order chi connectivity index (χ1) is 44.7. The number of fused-ring (bicyclic) bond motifs is 19. The van der Waals surface area contributed by atoms with Crippen LogP contribution in [-0.2, 0) is 10.8 Å². The highest BCUT2D eigenvalue weighted by molar-refractivity contribution is 6.22. The summed E-state index contributed by atoms with van der Waals surface area (Å²) in [5.74, 6) is 1.89. The monoisotopic (exact) mass is 1140 g/mol. The third-order valence-corrected chi connectivity index (χ3v) is 21.2. The van der Waals surface area contributed by atoms with Crippen LogP contribution in [0, 0.1) is 0 Å². The zero-order chi connectivity index (χ0) is 58.8. The number of aromatic nitrogens is 4. The maximum absolute atomic E-state index is 5.82. The molecule has 1 saturated carbocycles. The molecule has 2 spiro atoms. The van der Waals surface area contributed by atoms with Crippen molar-refractivity contribution in [1.29, 1.82) is 0 Å². The predicted molar refractivity (Wildman–Crippen MR) is 369 cm³/mol. The van der Waals surface area contributed by atoms with Crippen LogP contribution in [0.4, 0.5) is 0 Å². The molecule has 3 heterocycles. The van der Waals surface area contributed by atoms with Gasteiger partial charge in [-0.25, -0.2) is 15.0 Å². The summed E-state index contributed by atoms with van der Waals surface area (Å²) < 4.78 is 2.61. The van der Waals surface area contributed by atoms with Gasteiger partial charge in [0.25, 0.3) is 0 Å². The van der Waals surface area contributed by atoms with Gasteiger partial charge in [0.15, 0.2) is 17.5 Å². The molecule has 0 bridgehead atoms. The molecule has 4 nitrogen and oxygen atoms in total. The van der Waals surface area contributed by atoms with Crippen LogP contribution in [0.5, 0.6) is 0 Å². The fourth-order valence-electron chi connectivity index (χ4n) is 17.7. The molecule has 13 aromatic carbocycles. The fraction of sp³-hybridized carbons (Fsp3) is 0.0814. The summed E-state index contributed by atoms with van der Waals surface area (Å²) in [5.41, 5.74) is 31.5. The van der Waals surface area contributed by atoms with E-state index in [9.17, 15) is 0 Å². The van der Waals surface area contributed by atoms with Crippen molar-refractivity contribution in [3.8, 4) is 118 Å². The van der Waals surface area contributed by atoms with Crippen molar-refractivity contribution in [3.63, 3.8) is 0 Å². The first-order valence-electron chi connectivity index (χ1n) is 32.0. The topological polar surface area (TPSA) is 43.6 Å². The molecule has 420 valence electrons. The lowest BCUT2D eigenvalue weighted by atomic mass is 9.66. The average Bonchev–Trinajstić information content (AvgIpc) is 1.52. The summed E-state index contributed by atoms with van der Waals surface area (Å²) in [6.07, 6.45) is 5.89. The van der Waals surface area contributed by atoms with E-state index in [1.165, 1.54) is 136 Å². The van der Waals surface area contributed by atoms with E-state index >= 15 is 0 Å². The van der Waals surface area contributed by atoms with Gasteiger partial charge < -0.3 is 4.57 Å². The molecule has 15 aromatic rings. The Kier molecular flexibility index (Phi) is 10.4. The van der Waals surface area contributed by atoms with E-state index in [2.05, 4.69) is 284 Å². The van der Waals surface area contributed by atoms with Crippen molar-refractivity contribution in [3.05, 3.63) is 312 Å². The lowest BCUT2D eigenvalue weighted by Crippen LogP contribution is -2.29. The van der Waals surface area contributed by atoms with Gasteiger partial charge in [0.05, 0.1) is 22.1 Å². The molecule has 2 aromatic heterocycles. The van der Waals surface area contributed by atoms with Crippen molar-refractivity contribution in [1.82, 2.24) is 19.5 Å². The van der Waals surface area contributed by atoms with Gasteiger partial charge >= 0.3 is 0 Å². The van der Waals surface area contributed by atoms with Crippen LogP contribution < -0.4 is 0 Å². The minimum Gasteiger partial charge on any atom is -0.308 e. The minimum absolute atomic E-state index is 0.143. The summed E-state index contributed by atoms with van der Waals surface area (Å²) in [6, 6.07) is 104. The Bertz CT molecular complexity index is 5540. The Morgan fingerprint density at radius 1 is 0.278 bits per heavy atom. The number of hydrogen-bond donors (Lipinski definition) is 0. The SMILES string of the molecule is c1ccc(-c2ccc(-c3nc(-c4cccc5c4-c4ccccc4C54c5ccccc5-c5ccccc54)nc(-c4ccc(-c5cc6c7ccccc7n7c6c6c5C5(CCCCC5)c5cccc(c5-6)-c5ccccc5-7)c5ccccc45)n3)c(-c3ccccc3)c2)cc1. The van der Waals surface area contributed by atoms with Crippen LogP contribution in [0.1, 0.15) is 65.5 Å². The smallest absolute Gasteiger partial charge is 0.164 e. The van der Waals surface area contributed by atoms with Crippen LogP contribution in [0.2, 0.25) is 0 Å². The Balaban J connectivity index is 0.859. The van der Waals surface area contributed by atoms with Crippen LogP contribution in [0.3, 0.4) is 0 Å². The molecule has 20 rings (SSSR count). The minimum atomic E-state index is -0.535. The highest BCUT2D eigenvalue weighted by atomic mass is 15.0. The van der Waals surface area contributed by atoms with Gasteiger partial charge in [0.1, 0.15) is 0 Å². The summed E-state index contributed by atoms with van der Waals surface area (Å²) in [5, 5.41) is 4.85. The molecule has 90 heavy (non-hydrogen) atoms. The van der Waals surface area contributed by atoms with E-state index in [0.717, 1.165) is 62.7 Å². The molecule has 0 N–H and O–H groups in total. The van der Waals surface area contributed by atoms with Gasteiger partial charge in [-0.05, 0) is 160 Å². The largest absolute Gasteiger partial charge is 0.308 e. The van der Waals surface area contributed by atoms with Crippen LogP contribution in [-0.4, -0.2) is 19.5 Å². The third-order valence-electron chi connectivity index (χ3n) is 21.2. The zero-order valence-electron chi connectivity index (χ0n) is 49.4. The van der Waals surface area contributed by atoms with Crippen LogP contribution >= 0.6 is 0 Å². The number of benzene rings is 13. The third kappa shape index (κ3) is 6.62. The van der Waals surface area contributed by atoms with Gasteiger partial charge in [-0.3, -0.25) is 0 Å². The Labute approximate surface area is 522 Å². The standard InChI is InChI=1S/C86H56N4/c1-4-24-52(25-5-1)54-44-45-64(67(50-54)53-26-6-2-7-27-53)83-87-82(88-84(89-83)66-36-23-41-74-77(66)65-34-12-17-39-72(65)86(74)70-37-15-10-30-58(70)59-31-11-16-38-71(59)86)63-47-46-57(55-28-8-9-29-56(55)63)68-51-69-61-33-14-19-43-76(61)90-75-42-18-13-32-60(75)62-35-22-40-73-78(62)79(81(69)90)80(68)85(73)48-20-3-21-49-85/h1-2,4-19,22-47,50-51H,3,20-21,48-49H2. The predicted octanol–water partition coefficient (Wildman–Crippen LogP) is 21.7. The second-order valence-corrected chi connectivity index (χ2v) is 25.4.